The minimum absolute atomic E-state index is 0.131. The van der Waals surface area contributed by atoms with Crippen LogP contribution in [0.2, 0.25) is 0 Å². The minimum Gasteiger partial charge on any atom is -0.507 e. The lowest BCUT2D eigenvalue weighted by Gasteiger charge is -2.40. The van der Waals surface area contributed by atoms with Gasteiger partial charge >= 0.3 is 0 Å². The van der Waals surface area contributed by atoms with Gasteiger partial charge in [-0.3, -0.25) is 4.79 Å². The van der Waals surface area contributed by atoms with E-state index in [0.717, 1.165) is 12.6 Å². The van der Waals surface area contributed by atoms with E-state index in [1.54, 1.807) is 4.90 Å². The number of piperazine rings is 1. The van der Waals surface area contributed by atoms with Gasteiger partial charge in [-0.15, -0.1) is 0 Å². The number of hydrogen-bond acceptors (Lipinski definition) is 8. The van der Waals surface area contributed by atoms with Crippen molar-refractivity contribution in [3.05, 3.63) is 48.6 Å². The minimum atomic E-state index is -0.811. The molecule has 2 N–H and O–H groups in total. The molecule has 0 saturated carbocycles. The molecule has 1 amide bonds. The maximum absolute atomic E-state index is 15.3. The third-order valence-corrected chi connectivity index (χ3v) is 6.08. The van der Waals surface area contributed by atoms with Crippen molar-refractivity contribution in [1.82, 2.24) is 24.8 Å². The number of likely N-dealkylation sites (N-methyl/N-ethyl adjacent to an activating group) is 1. The van der Waals surface area contributed by atoms with Crippen molar-refractivity contribution in [2.45, 2.75) is 13.0 Å². The Kier molecular flexibility index (Phi) is 7.30. The number of aromatic nitrogens is 3. The summed E-state index contributed by atoms with van der Waals surface area (Å²) in [6.07, 6.45) is 1.29. The molecule has 2 aromatic heterocycles. The summed E-state index contributed by atoms with van der Waals surface area (Å²) in [6.45, 7) is 8.13. The number of nitrogens with zero attached hydrogens (tertiary/aromatic N) is 6. The van der Waals surface area contributed by atoms with Crippen LogP contribution in [0.5, 0.6) is 5.75 Å². The van der Waals surface area contributed by atoms with E-state index >= 15 is 4.39 Å². The number of rotatable bonds is 7. The Morgan fingerprint density at radius 3 is 2.69 bits per heavy atom. The Labute approximate surface area is 208 Å². The number of nitrogens with one attached hydrogen (secondary N) is 1. The number of pyridine rings is 1. The average Bonchev–Trinajstić information content (AvgIpc) is 2.83. The molecule has 1 aliphatic heterocycles. The smallest absolute Gasteiger partial charge is 0.246 e. The summed E-state index contributed by atoms with van der Waals surface area (Å²) < 4.78 is 29.8. The average molecular weight is 498 g/mol. The first-order valence-corrected chi connectivity index (χ1v) is 11.6. The van der Waals surface area contributed by atoms with Crippen LogP contribution in [0.1, 0.15) is 6.92 Å². The summed E-state index contributed by atoms with van der Waals surface area (Å²) in [5.74, 6) is -1.43. The number of carbonyl (C=O) groups is 1. The van der Waals surface area contributed by atoms with Crippen molar-refractivity contribution < 1.29 is 18.7 Å². The second-order valence-electron chi connectivity index (χ2n) is 8.96. The van der Waals surface area contributed by atoms with E-state index in [1.807, 2.05) is 30.8 Å². The maximum Gasteiger partial charge on any atom is 0.246 e. The lowest BCUT2D eigenvalue weighted by Crippen LogP contribution is -2.53. The normalized spacial score (nSPS) is 16.0. The molecule has 1 aromatic carbocycles. The van der Waals surface area contributed by atoms with Crippen LogP contribution < -0.4 is 10.2 Å². The zero-order chi connectivity index (χ0) is 26.0. The quantitative estimate of drug-likeness (QED) is 0.481. The highest BCUT2D eigenvalue weighted by Gasteiger charge is 2.29. The number of hydrogen-bond donors (Lipinski definition) is 2. The largest absolute Gasteiger partial charge is 0.507 e. The van der Waals surface area contributed by atoms with Gasteiger partial charge in [0.25, 0.3) is 0 Å². The first-order valence-electron chi connectivity index (χ1n) is 11.6. The Bertz CT molecular complexity index is 1280. The molecule has 0 radical (unpaired) electrons. The predicted molar refractivity (Wildman–Crippen MR) is 135 cm³/mol. The van der Waals surface area contributed by atoms with Crippen LogP contribution >= 0.6 is 0 Å². The van der Waals surface area contributed by atoms with Gasteiger partial charge in [0.05, 0.1) is 10.9 Å². The Balaban J connectivity index is 1.81. The number of fused-ring (bicyclic) bond motifs is 1. The van der Waals surface area contributed by atoms with Gasteiger partial charge in [-0.25, -0.2) is 13.8 Å². The van der Waals surface area contributed by atoms with Gasteiger partial charge < -0.3 is 25.1 Å². The van der Waals surface area contributed by atoms with Gasteiger partial charge in [-0.1, -0.05) is 12.6 Å². The van der Waals surface area contributed by atoms with Crippen LogP contribution in [-0.4, -0.2) is 88.6 Å². The van der Waals surface area contributed by atoms with Crippen molar-refractivity contribution >= 4 is 28.7 Å². The van der Waals surface area contributed by atoms with Crippen LogP contribution in [0.15, 0.2) is 36.9 Å². The van der Waals surface area contributed by atoms with Gasteiger partial charge in [-0.05, 0) is 45.3 Å². The molecule has 1 fully saturated rings. The topological polar surface area (TPSA) is 97.7 Å². The highest BCUT2D eigenvalue weighted by molar-refractivity contribution is 5.91. The van der Waals surface area contributed by atoms with E-state index in [4.69, 9.17) is 0 Å². The molecular weight excluding hydrogens is 468 g/mol. The molecule has 36 heavy (non-hydrogen) atoms. The highest BCUT2D eigenvalue weighted by atomic mass is 19.1. The summed E-state index contributed by atoms with van der Waals surface area (Å²) in [5.41, 5.74) is -0.510. The Morgan fingerprint density at radius 1 is 1.25 bits per heavy atom. The summed E-state index contributed by atoms with van der Waals surface area (Å²) in [7, 11) is 3.88. The van der Waals surface area contributed by atoms with E-state index in [0.29, 0.717) is 43.3 Å². The molecule has 3 heterocycles. The third kappa shape index (κ3) is 5.06. The number of anilines is 2. The number of phenols is 1. The molecule has 1 aliphatic rings. The fourth-order valence-electron chi connectivity index (χ4n) is 4.23. The molecule has 9 nitrogen and oxygen atoms in total. The number of halogens is 2. The van der Waals surface area contributed by atoms with E-state index in [1.165, 1.54) is 24.3 Å². The molecule has 0 spiro atoms. The molecule has 0 unspecified atom stereocenters. The lowest BCUT2D eigenvalue weighted by atomic mass is 10.1. The number of phenolic OH excluding ortho intramolecular Hbond substituents is 1. The maximum atomic E-state index is 15.3. The molecule has 11 heteroatoms. The summed E-state index contributed by atoms with van der Waals surface area (Å²) >= 11 is 0. The number of carbonyl (C=O) groups excluding carboxylic acids is 1. The second-order valence-corrected chi connectivity index (χ2v) is 8.96. The zero-order valence-corrected chi connectivity index (χ0v) is 20.5. The van der Waals surface area contributed by atoms with Crippen molar-refractivity contribution in [1.29, 1.82) is 0 Å². The number of benzene rings is 1. The van der Waals surface area contributed by atoms with Crippen LogP contribution in [-0.2, 0) is 4.79 Å². The number of amides is 1. The molecule has 3 aromatic rings. The van der Waals surface area contributed by atoms with Gasteiger partial charge in [-0.2, -0.15) is 9.97 Å². The first kappa shape index (κ1) is 25.2. The monoisotopic (exact) mass is 497 g/mol. The molecule has 0 bridgehead atoms. The fraction of sp³-hybridized carbons (Fsp3) is 0.360. The van der Waals surface area contributed by atoms with Crippen molar-refractivity contribution in [3.63, 3.8) is 0 Å². The van der Waals surface area contributed by atoms with Crippen LogP contribution in [0.3, 0.4) is 0 Å². The second kappa shape index (κ2) is 10.4. The van der Waals surface area contributed by atoms with Crippen molar-refractivity contribution in [3.8, 4) is 17.0 Å². The summed E-state index contributed by atoms with van der Waals surface area (Å²) in [6, 6.07) is 4.82. The summed E-state index contributed by atoms with van der Waals surface area (Å²) in [5, 5.41) is 13.7. The molecule has 0 aliphatic carbocycles. The SMILES string of the molecule is C=CC(=O)N1CCN(c2nc(NCCN(C)C)nc3nc(-c4c(O)cccc4F)c(F)cc23)[C@H](C)C1. The van der Waals surface area contributed by atoms with Crippen molar-refractivity contribution in [2.75, 3.05) is 57.0 Å². The molecule has 4 rings (SSSR count). The first-order chi connectivity index (χ1) is 17.2. The Morgan fingerprint density at radius 2 is 2.03 bits per heavy atom. The van der Waals surface area contributed by atoms with Crippen LogP contribution in [0.4, 0.5) is 20.5 Å². The van der Waals surface area contributed by atoms with E-state index in [2.05, 4.69) is 26.8 Å². The number of aromatic hydroxyl groups is 1. The van der Waals surface area contributed by atoms with E-state index < -0.39 is 17.4 Å². The molecule has 190 valence electrons. The van der Waals surface area contributed by atoms with Crippen LogP contribution in [0, 0.1) is 11.6 Å². The molecule has 1 saturated heterocycles. The van der Waals surface area contributed by atoms with Gasteiger partial charge in [0.1, 0.15) is 23.1 Å². The fourth-order valence-corrected chi connectivity index (χ4v) is 4.23. The van der Waals surface area contributed by atoms with Crippen molar-refractivity contribution in [2.24, 2.45) is 0 Å². The van der Waals surface area contributed by atoms with Gasteiger partial charge in [0.2, 0.25) is 11.9 Å². The lowest BCUT2D eigenvalue weighted by molar-refractivity contribution is -0.126. The molecule has 1 atom stereocenters. The predicted octanol–water partition coefficient (Wildman–Crippen LogP) is 2.87. The van der Waals surface area contributed by atoms with E-state index in [-0.39, 0.29) is 28.9 Å². The standard InChI is InChI=1S/C25H29F2N7O2/c1-5-20(36)33-11-12-34(15(2)14-33)24-16-13-18(27)22(21-17(26)7-6-8-19(21)35)29-23(16)30-25(31-24)28-9-10-32(3)4/h5-8,13,15,35H,1,9-12,14H2,2-4H3,(H,28,29,30,31)/t15-/m1/s1. The van der Waals surface area contributed by atoms with Gasteiger partial charge in [0.15, 0.2) is 11.5 Å². The van der Waals surface area contributed by atoms with E-state index in [9.17, 15) is 14.3 Å². The van der Waals surface area contributed by atoms with Crippen LogP contribution in [0.25, 0.3) is 22.3 Å². The zero-order valence-electron chi connectivity index (χ0n) is 20.5. The summed E-state index contributed by atoms with van der Waals surface area (Å²) in [4.78, 5) is 31.3. The highest BCUT2D eigenvalue weighted by Crippen LogP contribution is 2.35. The third-order valence-electron chi connectivity index (χ3n) is 6.08. The Hall–Kier alpha value is -3.86. The molecular formula is C25H29F2N7O2. The van der Waals surface area contributed by atoms with Gasteiger partial charge in [0, 0.05) is 38.8 Å².